The minimum absolute atomic E-state index is 0.0302. The monoisotopic (exact) mass is 242 g/mol. The zero-order chi connectivity index (χ0) is 13.0. The lowest BCUT2D eigenvalue weighted by atomic mass is 10.2. The summed E-state index contributed by atoms with van der Waals surface area (Å²) in [6.45, 7) is 2.04. The molecule has 0 aliphatic carbocycles. The van der Waals surface area contributed by atoms with Crippen molar-refractivity contribution in [2.75, 3.05) is 11.1 Å². The van der Waals surface area contributed by atoms with Crippen molar-refractivity contribution in [1.29, 1.82) is 5.26 Å². The maximum absolute atomic E-state index is 8.88. The van der Waals surface area contributed by atoms with Gasteiger partial charge in [-0.05, 0) is 18.6 Å². The van der Waals surface area contributed by atoms with Gasteiger partial charge in [-0.1, -0.05) is 6.92 Å². The first-order chi connectivity index (χ1) is 8.74. The van der Waals surface area contributed by atoms with Crippen LogP contribution in [0.25, 0.3) is 0 Å². The second kappa shape index (κ2) is 5.19. The van der Waals surface area contributed by atoms with Crippen LogP contribution in [-0.2, 0) is 0 Å². The van der Waals surface area contributed by atoms with Gasteiger partial charge in [-0.3, -0.25) is 0 Å². The molecule has 6 nitrogen and oxygen atoms in total. The van der Waals surface area contributed by atoms with Gasteiger partial charge in [0.05, 0.1) is 11.7 Å². The average Bonchev–Trinajstić information content (AvgIpc) is 2.91. The molecule has 2 rings (SSSR count). The highest BCUT2D eigenvalue weighted by Gasteiger charge is 2.12. The number of anilines is 2. The Balaban J connectivity index is 2.20. The fourth-order valence-electron chi connectivity index (χ4n) is 1.65. The van der Waals surface area contributed by atoms with E-state index in [0.29, 0.717) is 11.5 Å². The summed E-state index contributed by atoms with van der Waals surface area (Å²) in [6, 6.07) is 5.41. The molecule has 0 radical (unpaired) electrons. The molecule has 0 aromatic carbocycles. The number of aromatic amines is 1. The number of imidazole rings is 1. The second-order valence-corrected chi connectivity index (χ2v) is 3.83. The molecular weight excluding hydrogens is 228 g/mol. The maximum Gasteiger partial charge on any atom is 0.165 e. The summed E-state index contributed by atoms with van der Waals surface area (Å²) in [5, 5.41) is 12.1. The molecule has 92 valence electrons. The van der Waals surface area contributed by atoms with Crippen LogP contribution in [0.5, 0.6) is 0 Å². The normalized spacial score (nSPS) is 11.8. The Hall–Kier alpha value is -2.55. The van der Waals surface area contributed by atoms with Gasteiger partial charge in [-0.25, -0.2) is 9.97 Å². The molecule has 0 amide bonds. The van der Waals surface area contributed by atoms with Crippen LogP contribution < -0.4 is 11.1 Å². The molecule has 2 aromatic heterocycles. The van der Waals surface area contributed by atoms with E-state index >= 15 is 0 Å². The fourth-order valence-corrected chi connectivity index (χ4v) is 1.65. The van der Waals surface area contributed by atoms with Crippen molar-refractivity contribution in [2.24, 2.45) is 0 Å². The molecular formula is C12H14N6. The van der Waals surface area contributed by atoms with Crippen molar-refractivity contribution in [3.63, 3.8) is 0 Å². The number of H-pyrrole nitrogens is 1. The third kappa shape index (κ3) is 2.40. The number of aromatic nitrogens is 3. The van der Waals surface area contributed by atoms with E-state index in [1.165, 1.54) is 0 Å². The number of nitriles is 1. The summed E-state index contributed by atoms with van der Waals surface area (Å²) in [4.78, 5) is 11.4. The number of pyridine rings is 1. The van der Waals surface area contributed by atoms with Crippen LogP contribution in [0.4, 0.5) is 11.5 Å². The van der Waals surface area contributed by atoms with Crippen LogP contribution >= 0.6 is 0 Å². The Morgan fingerprint density at radius 2 is 2.39 bits per heavy atom. The number of nitrogens with one attached hydrogen (secondary N) is 2. The second-order valence-electron chi connectivity index (χ2n) is 3.83. The zero-order valence-electron chi connectivity index (χ0n) is 10.0. The van der Waals surface area contributed by atoms with Gasteiger partial charge in [-0.15, -0.1) is 0 Å². The van der Waals surface area contributed by atoms with E-state index in [1.807, 2.05) is 13.0 Å². The van der Waals surface area contributed by atoms with Crippen molar-refractivity contribution in [2.45, 2.75) is 19.4 Å². The summed E-state index contributed by atoms with van der Waals surface area (Å²) < 4.78 is 0. The number of nitrogens with zero attached hydrogens (tertiary/aromatic N) is 3. The summed E-state index contributed by atoms with van der Waals surface area (Å²) in [6.07, 6.45) is 4.33. The Labute approximate surface area is 105 Å². The highest BCUT2D eigenvalue weighted by Crippen LogP contribution is 2.20. The van der Waals surface area contributed by atoms with Gasteiger partial charge in [0.2, 0.25) is 0 Å². The highest BCUT2D eigenvalue weighted by atomic mass is 15.1. The summed E-state index contributed by atoms with van der Waals surface area (Å²) >= 11 is 0. The van der Waals surface area contributed by atoms with Crippen LogP contribution in [0.15, 0.2) is 24.5 Å². The highest BCUT2D eigenvalue weighted by molar-refractivity contribution is 5.54. The number of nitrogens with two attached hydrogens (primary N) is 1. The van der Waals surface area contributed by atoms with Crippen LogP contribution in [0.2, 0.25) is 0 Å². The van der Waals surface area contributed by atoms with Crippen molar-refractivity contribution >= 4 is 11.5 Å². The number of hydrogen-bond donors (Lipinski definition) is 3. The standard InChI is InChI=1S/C12H14N6/c1-2-9(12-15-5-6-16-12)17-11-4-3-8(14)10(7-13)18-11/h3-6,9H,2,14H2,1H3,(H,15,16)(H,17,18). The van der Waals surface area contributed by atoms with E-state index in [4.69, 9.17) is 11.0 Å². The molecule has 2 aromatic rings. The summed E-state index contributed by atoms with van der Waals surface area (Å²) in [5.74, 6) is 1.46. The first-order valence-corrected chi connectivity index (χ1v) is 5.67. The first-order valence-electron chi connectivity index (χ1n) is 5.67. The van der Waals surface area contributed by atoms with Gasteiger partial charge in [0.1, 0.15) is 17.7 Å². The third-order valence-electron chi connectivity index (χ3n) is 2.61. The number of nitrogen functional groups attached to an aromatic ring is 1. The van der Waals surface area contributed by atoms with Gasteiger partial charge < -0.3 is 16.0 Å². The van der Waals surface area contributed by atoms with Gasteiger partial charge in [0.25, 0.3) is 0 Å². The Bertz CT molecular complexity index is 554. The Morgan fingerprint density at radius 3 is 3.00 bits per heavy atom. The molecule has 2 heterocycles. The lowest BCUT2D eigenvalue weighted by Gasteiger charge is -2.15. The molecule has 6 heteroatoms. The van der Waals surface area contributed by atoms with Gasteiger partial charge in [0, 0.05) is 12.4 Å². The van der Waals surface area contributed by atoms with E-state index in [2.05, 4.69) is 20.3 Å². The van der Waals surface area contributed by atoms with Gasteiger partial charge >= 0.3 is 0 Å². The predicted molar refractivity (Wildman–Crippen MR) is 68.6 cm³/mol. The largest absolute Gasteiger partial charge is 0.396 e. The molecule has 0 aliphatic rings. The van der Waals surface area contributed by atoms with E-state index in [1.54, 1.807) is 24.5 Å². The number of hydrogen-bond acceptors (Lipinski definition) is 5. The van der Waals surface area contributed by atoms with Crippen molar-refractivity contribution in [1.82, 2.24) is 15.0 Å². The van der Waals surface area contributed by atoms with Crippen molar-refractivity contribution < 1.29 is 0 Å². The molecule has 4 N–H and O–H groups in total. The molecule has 0 spiro atoms. The lowest BCUT2D eigenvalue weighted by Crippen LogP contribution is -2.13. The lowest BCUT2D eigenvalue weighted by molar-refractivity contribution is 0.700. The van der Waals surface area contributed by atoms with Crippen molar-refractivity contribution in [3.8, 4) is 6.07 Å². The van der Waals surface area contributed by atoms with E-state index < -0.39 is 0 Å². The van der Waals surface area contributed by atoms with E-state index in [-0.39, 0.29) is 11.7 Å². The van der Waals surface area contributed by atoms with Gasteiger partial charge in [-0.2, -0.15) is 5.26 Å². The molecule has 18 heavy (non-hydrogen) atoms. The zero-order valence-corrected chi connectivity index (χ0v) is 10.0. The third-order valence-corrected chi connectivity index (χ3v) is 2.61. The van der Waals surface area contributed by atoms with E-state index in [9.17, 15) is 0 Å². The summed E-state index contributed by atoms with van der Waals surface area (Å²) in [5.41, 5.74) is 6.24. The SMILES string of the molecule is CCC(Nc1ccc(N)c(C#N)n1)c1ncc[nH]1. The van der Waals surface area contributed by atoms with Crippen molar-refractivity contribution in [3.05, 3.63) is 36.0 Å². The summed E-state index contributed by atoms with van der Waals surface area (Å²) in [7, 11) is 0. The first kappa shape index (κ1) is 11.9. The molecule has 0 fully saturated rings. The molecule has 0 saturated heterocycles. The average molecular weight is 242 g/mol. The topological polar surface area (TPSA) is 103 Å². The fraction of sp³-hybridized carbons (Fsp3) is 0.250. The number of rotatable bonds is 4. The molecule has 0 aliphatic heterocycles. The quantitative estimate of drug-likeness (QED) is 0.758. The van der Waals surface area contributed by atoms with E-state index in [0.717, 1.165) is 12.2 Å². The van der Waals surface area contributed by atoms with Gasteiger partial charge in [0.15, 0.2) is 5.69 Å². The van der Waals surface area contributed by atoms with Crippen LogP contribution in [-0.4, -0.2) is 15.0 Å². The Morgan fingerprint density at radius 1 is 1.56 bits per heavy atom. The molecule has 1 atom stereocenters. The van der Waals surface area contributed by atoms with Crippen LogP contribution in [0, 0.1) is 11.3 Å². The maximum atomic E-state index is 8.88. The van der Waals surface area contributed by atoms with Crippen LogP contribution in [0.3, 0.4) is 0 Å². The molecule has 0 bridgehead atoms. The predicted octanol–water partition coefficient (Wildman–Crippen LogP) is 1.82. The Kier molecular flexibility index (Phi) is 3.44. The van der Waals surface area contributed by atoms with Crippen LogP contribution in [0.1, 0.15) is 30.9 Å². The minimum Gasteiger partial charge on any atom is -0.396 e. The smallest absolute Gasteiger partial charge is 0.165 e. The minimum atomic E-state index is 0.0302. The molecule has 1 unspecified atom stereocenters. The molecule has 0 saturated carbocycles.